The van der Waals surface area contributed by atoms with Crippen LogP contribution in [0.3, 0.4) is 0 Å². The van der Waals surface area contributed by atoms with Gasteiger partial charge in [-0.1, -0.05) is 12.2 Å². The number of carbonyl (C=O) groups excluding carboxylic acids is 1. The Kier molecular flexibility index (Phi) is 6.52. The molecule has 12 heteroatoms. The molecule has 0 aromatic heterocycles. The zero-order chi connectivity index (χ0) is 21.2. The lowest BCUT2D eigenvalue weighted by atomic mass is 10.2. The fourth-order valence-corrected chi connectivity index (χ4v) is 4.58. The van der Waals surface area contributed by atoms with Gasteiger partial charge in [0.25, 0.3) is 6.43 Å². The standard InChI is InChI=1S/C17H20F3N3O4S2/c18-13-8-11(2-3-14(13)22-4-1-6-29(25,26)7-5-22)23-10-12(27-17(23)24)9-21-16(28)15(19)20/h2-3,8,12,15H,1,4-7,9-10H2,(H,21,28). The monoisotopic (exact) mass is 451 g/mol. The number of halogens is 3. The SMILES string of the molecule is O=C1OC(CNC(=S)C(F)F)CN1c1ccc(N2CCCS(=O)(=O)CC2)c(F)c1. The van der Waals surface area contributed by atoms with Gasteiger partial charge in [-0.05, 0) is 24.6 Å². The van der Waals surface area contributed by atoms with Crippen molar-refractivity contribution in [3.63, 3.8) is 0 Å². The fourth-order valence-electron chi connectivity index (χ4n) is 3.23. The highest BCUT2D eigenvalue weighted by atomic mass is 32.2. The van der Waals surface area contributed by atoms with Crippen molar-refractivity contribution in [2.45, 2.75) is 19.0 Å². The van der Waals surface area contributed by atoms with Gasteiger partial charge >= 0.3 is 6.09 Å². The van der Waals surface area contributed by atoms with E-state index in [2.05, 4.69) is 17.5 Å². The van der Waals surface area contributed by atoms with Crippen LogP contribution < -0.4 is 15.1 Å². The molecule has 2 heterocycles. The number of amides is 1. The molecule has 7 nitrogen and oxygen atoms in total. The maximum absolute atomic E-state index is 14.7. The van der Waals surface area contributed by atoms with Gasteiger partial charge in [0.2, 0.25) is 0 Å². The summed E-state index contributed by atoms with van der Waals surface area (Å²) >= 11 is 4.48. The summed E-state index contributed by atoms with van der Waals surface area (Å²) in [5, 5.41) is 2.34. The number of hydrogen-bond donors (Lipinski definition) is 1. The predicted molar refractivity (Wildman–Crippen MR) is 106 cm³/mol. The quantitative estimate of drug-likeness (QED) is 0.686. The number of alkyl halides is 2. The molecule has 1 N–H and O–H groups in total. The highest BCUT2D eigenvalue weighted by Crippen LogP contribution is 2.28. The second-order valence-corrected chi connectivity index (χ2v) is 9.53. The van der Waals surface area contributed by atoms with Gasteiger partial charge in [-0.2, -0.15) is 0 Å². The molecule has 0 radical (unpaired) electrons. The van der Waals surface area contributed by atoms with Gasteiger partial charge in [0.05, 0.1) is 36.0 Å². The lowest BCUT2D eigenvalue weighted by Crippen LogP contribution is -2.36. The number of hydrogen-bond acceptors (Lipinski definition) is 6. The summed E-state index contributed by atoms with van der Waals surface area (Å²) in [5.41, 5.74) is 0.525. The molecule has 2 aliphatic rings. The van der Waals surface area contributed by atoms with Crippen LogP contribution in [0, 0.1) is 5.82 Å². The third-order valence-corrected chi connectivity index (χ3v) is 6.75. The largest absolute Gasteiger partial charge is 0.442 e. The molecule has 2 saturated heterocycles. The molecule has 0 saturated carbocycles. The Morgan fingerprint density at radius 1 is 1.31 bits per heavy atom. The molecule has 1 atom stereocenters. The summed E-state index contributed by atoms with van der Waals surface area (Å²) in [6.45, 7) is 0.591. The lowest BCUT2D eigenvalue weighted by Gasteiger charge is -2.23. The Morgan fingerprint density at radius 3 is 2.76 bits per heavy atom. The number of benzene rings is 1. The number of thiocarbonyl (C=S) groups is 1. The van der Waals surface area contributed by atoms with E-state index in [9.17, 15) is 26.4 Å². The van der Waals surface area contributed by atoms with Gasteiger partial charge in [-0.3, -0.25) is 4.90 Å². The van der Waals surface area contributed by atoms with Crippen LogP contribution in [0.15, 0.2) is 18.2 Å². The number of rotatable bonds is 5. The molecular weight excluding hydrogens is 431 g/mol. The maximum Gasteiger partial charge on any atom is 0.414 e. The lowest BCUT2D eigenvalue weighted by molar-refractivity contribution is 0.142. The first-order chi connectivity index (χ1) is 13.7. The third-order valence-electron chi connectivity index (χ3n) is 4.72. The molecule has 0 aliphatic carbocycles. The van der Waals surface area contributed by atoms with E-state index in [1.807, 2.05) is 0 Å². The molecule has 0 spiro atoms. The summed E-state index contributed by atoms with van der Waals surface area (Å²) in [7, 11) is -3.12. The second kappa shape index (κ2) is 8.74. The minimum Gasteiger partial charge on any atom is -0.442 e. The van der Waals surface area contributed by atoms with E-state index in [-0.39, 0.29) is 42.5 Å². The van der Waals surface area contributed by atoms with Crippen molar-refractivity contribution in [1.29, 1.82) is 0 Å². The summed E-state index contributed by atoms with van der Waals surface area (Å²) < 4.78 is 68.1. The summed E-state index contributed by atoms with van der Waals surface area (Å²) in [5.74, 6) is -0.551. The van der Waals surface area contributed by atoms with Gasteiger partial charge in [0, 0.05) is 13.1 Å². The normalized spacial score (nSPS) is 21.8. The molecule has 1 aromatic carbocycles. The Bertz CT molecular complexity index is 898. The van der Waals surface area contributed by atoms with Crippen molar-refractivity contribution in [1.82, 2.24) is 5.32 Å². The number of nitrogens with zero attached hydrogens (tertiary/aromatic N) is 2. The average molecular weight is 451 g/mol. The van der Waals surface area contributed by atoms with Crippen LogP contribution in [0.5, 0.6) is 0 Å². The van der Waals surface area contributed by atoms with Crippen LogP contribution in [0.1, 0.15) is 6.42 Å². The molecule has 1 amide bonds. The Hall–Kier alpha value is -2.08. The molecule has 3 rings (SSSR count). The van der Waals surface area contributed by atoms with E-state index in [0.29, 0.717) is 13.0 Å². The van der Waals surface area contributed by atoms with Crippen LogP contribution >= 0.6 is 12.2 Å². The van der Waals surface area contributed by atoms with Gasteiger partial charge in [-0.15, -0.1) is 0 Å². The van der Waals surface area contributed by atoms with E-state index in [0.717, 1.165) is 0 Å². The molecular formula is C17H20F3N3O4S2. The molecule has 29 heavy (non-hydrogen) atoms. The first kappa shape index (κ1) is 21.6. The minimum atomic E-state index is -3.12. The summed E-state index contributed by atoms with van der Waals surface area (Å²) in [6.07, 6.45) is -3.81. The van der Waals surface area contributed by atoms with Crippen molar-refractivity contribution in [2.75, 3.05) is 47.5 Å². The number of cyclic esters (lactones) is 1. The molecule has 2 aliphatic heterocycles. The van der Waals surface area contributed by atoms with Crippen LogP contribution in [0.2, 0.25) is 0 Å². The number of ether oxygens (including phenoxy) is 1. The first-order valence-corrected chi connectivity index (χ1v) is 11.2. The average Bonchev–Trinajstić information content (AvgIpc) is 2.93. The molecule has 0 bridgehead atoms. The number of nitrogens with one attached hydrogen (secondary N) is 1. The van der Waals surface area contributed by atoms with Crippen LogP contribution in [-0.2, 0) is 14.6 Å². The van der Waals surface area contributed by atoms with Crippen molar-refractivity contribution >= 4 is 44.5 Å². The van der Waals surface area contributed by atoms with Gasteiger partial charge < -0.3 is 15.0 Å². The van der Waals surface area contributed by atoms with Crippen LogP contribution in [0.25, 0.3) is 0 Å². The number of anilines is 2. The zero-order valence-corrected chi connectivity index (χ0v) is 16.9. The predicted octanol–water partition coefficient (Wildman–Crippen LogP) is 1.96. The van der Waals surface area contributed by atoms with E-state index in [1.54, 1.807) is 11.0 Å². The van der Waals surface area contributed by atoms with Crippen molar-refractivity contribution in [3.05, 3.63) is 24.0 Å². The summed E-state index contributed by atoms with van der Waals surface area (Å²) in [6, 6.07) is 4.21. The van der Waals surface area contributed by atoms with E-state index < -0.39 is 39.3 Å². The third kappa shape index (κ3) is 5.30. The topological polar surface area (TPSA) is 79.0 Å². The maximum atomic E-state index is 14.7. The number of sulfone groups is 1. The number of carbonyl (C=O) groups is 1. The second-order valence-electron chi connectivity index (χ2n) is 6.79. The molecule has 1 unspecified atom stereocenters. The zero-order valence-electron chi connectivity index (χ0n) is 15.3. The minimum absolute atomic E-state index is 0.0399. The Morgan fingerprint density at radius 2 is 2.07 bits per heavy atom. The van der Waals surface area contributed by atoms with Crippen molar-refractivity contribution in [3.8, 4) is 0 Å². The van der Waals surface area contributed by atoms with E-state index in [4.69, 9.17) is 4.74 Å². The smallest absolute Gasteiger partial charge is 0.414 e. The summed E-state index contributed by atoms with van der Waals surface area (Å²) in [4.78, 5) is 14.3. The van der Waals surface area contributed by atoms with E-state index in [1.165, 1.54) is 17.0 Å². The molecule has 160 valence electrons. The van der Waals surface area contributed by atoms with Gasteiger partial charge in [0.1, 0.15) is 16.9 Å². The van der Waals surface area contributed by atoms with Crippen molar-refractivity contribution in [2.24, 2.45) is 0 Å². The van der Waals surface area contributed by atoms with Crippen molar-refractivity contribution < 1.29 is 31.1 Å². The first-order valence-electron chi connectivity index (χ1n) is 8.95. The van der Waals surface area contributed by atoms with Gasteiger partial charge in [-0.25, -0.2) is 26.4 Å². The van der Waals surface area contributed by atoms with Gasteiger partial charge in [0.15, 0.2) is 9.84 Å². The highest BCUT2D eigenvalue weighted by molar-refractivity contribution is 7.91. The van der Waals surface area contributed by atoms with Crippen LogP contribution in [0.4, 0.5) is 29.3 Å². The Balaban J connectivity index is 1.67. The Labute approximate surface area is 171 Å². The fraction of sp³-hybridized carbons (Fsp3) is 0.529. The van der Waals surface area contributed by atoms with E-state index >= 15 is 0 Å². The molecule has 1 aromatic rings. The van der Waals surface area contributed by atoms with Crippen LogP contribution in [-0.4, -0.2) is 69.7 Å². The molecule has 2 fully saturated rings. The highest BCUT2D eigenvalue weighted by Gasteiger charge is 2.33.